The maximum absolute atomic E-state index is 9.90. The molecule has 0 heterocycles. The fourth-order valence-corrected chi connectivity index (χ4v) is 1.56. The Morgan fingerprint density at radius 3 is 0.868 bits per heavy atom. The third-order valence-electron chi connectivity index (χ3n) is 4.08. The van der Waals surface area contributed by atoms with E-state index < -0.39 is 93.6 Å². The summed E-state index contributed by atoms with van der Waals surface area (Å²) in [6.07, 6.45) is -16.7. The Labute approximate surface area is 216 Å². The van der Waals surface area contributed by atoms with Gasteiger partial charge in [0.05, 0.1) is 39.6 Å². The summed E-state index contributed by atoms with van der Waals surface area (Å²) >= 11 is 0. The Balaban J connectivity index is -0.000000208. The molecule has 0 aromatic heterocycles. The van der Waals surface area contributed by atoms with Gasteiger partial charge >= 0.3 is 0 Å². The van der Waals surface area contributed by atoms with Gasteiger partial charge in [-0.1, -0.05) is 0 Å². The van der Waals surface area contributed by atoms with Crippen LogP contribution in [0.4, 0.5) is 0 Å². The molecular weight excluding hydrogens is 532 g/mol. The van der Waals surface area contributed by atoms with Crippen LogP contribution >= 0.6 is 0 Å². The maximum atomic E-state index is 9.90. The summed E-state index contributed by atoms with van der Waals surface area (Å²) in [5.41, 5.74) is 0. The molecule has 19 heteroatoms. The Hall–Kier alpha value is -1.34. The van der Waals surface area contributed by atoms with E-state index in [1.165, 1.54) is 0 Å². The number of rotatable bonds is 15. The van der Waals surface area contributed by atoms with Crippen LogP contribution in [0.1, 0.15) is 0 Å². The third-order valence-corrected chi connectivity index (χ3v) is 4.08. The fraction of sp³-hybridized carbons (Fsp3) is 0.895. The molecule has 0 saturated carbocycles. The number of carbonyl (C=O) groups excluding carboxylic acids is 2. The second kappa shape index (κ2) is 27.2. The zero-order chi connectivity index (χ0) is 31.0. The van der Waals surface area contributed by atoms with Crippen LogP contribution in [0.25, 0.3) is 0 Å². The minimum Gasteiger partial charge on any atom is -0.394 e. The minimum atomic E-state index is -1.79. The molecule has 0 aromatic rings. The van der Waals surface area contributed by atoms with Crippen molar-refractivity contribution in [3.05, 3.63) is 0 Å². The van der Waals surface area contributed by atoms with Crippen LogP contribution < -0.4 is 0 Å². The molecule has 0 spiro atoms. The zero-order valence-electron chi connectivity index (χ0n) is 20.2. The summed E-state index contributed by atoms with van der Waals surface area (Å²) in [5, 5.41) is 144. The van der Waals surface area contributed by atoms with Crippen molar-refractivity contribution < 1.29 is 96.4 Å². The lowest BCUT2D eigenvalue weighted by atomic mass is 10.0. The van der Waals surface area contributed by atoms with E-state index in [4.69, 9.17) is 86.8 Å². The summed E-state index contributed by atoms with van der Waals surface area (Å²) in [6, 6.07) is 0. The minimum absolute atomic E-state index is 0.0258. The molecule has 0 amide bonds. The van der Waals surface area contributed by atoms with E-state index in [9.17, 15) is 9.59 Å². The zero-order valence-corrected chi connectivity index (χ0v) is 20.2. The Kier molecular flexibility index (Phi) is 31.3. The van der Waals surface area contributed by atoms with Crippen LogP contribution in [0.15, 0.2) is 0 Å². The van der Waals surface area contributed by atoms with Crippen molar-refractivity contribution in [1.29, 1.82) is 0 Å². The second-order valence-corrected chi connectivity index (χ2v) is 7.23. The molecule has 0 bridgehead atoms. The van der Waals surface area contributed by atoms with E-state index >= 15 is 0 Å². The van der Waals surface area contributed by atoms with Gasteiger partial charge in [-0.25, -0.2) is 0 Å². The third kappa shape index (κ3) is 21.6. The molecule has 0 radical (unpaired) electrons. The summed E-state index contributed by atoms with van der Waals surface area (Å²) < 4.78 is 0. The molecule has 0 fully saturated rings. The largest absolute Gasteiger partial charge is 0.394 e. The first-order valence-corrected chi connectivity index (χ1v) is 10.7. The molecule has 38 heavy (non-hydrogen) atoms. The average molecular weight is 575 g/mol. The van der Waals surface area contributed by atoms with Crippen LogP contribution in [-0.4, -0.2) is 206 Å². The van der Waals surface area contributed by atoms with Gasteiger partial charge in [-0.05, 0) is 0 Å². The normalized spacial score (nSPS) is 18.7. The van der Waals surface area contributed by atoms with Gasteiger partial charge in [0.1, 0.15) is 67.1 Å². The molecular formula is C19H42O19. The van der Waals surface area contributed by atoms with E-state index in [0.717, 1.165) is 0 Å². The lowest BCUT2D eigenvalue weighted by Crippen LogP contribution is -2.46. The molecule has 0 aliphatic carbocycles. The number of hydrogen-bond acceptors (Lipinski definition) is 19. The second-order valence-electron chi connectivity index (χ2n) is 7.23. The van der Waals surface area contributed by atoms with Gasteiger partial charge in [0.2, 0.25) is 0 Å². The summed E-state index contributed by atoms with van der Waals surface area (Å²) in [7, 11) is 0. The molecule has 232 valence electrons. The monoisotopic (exact) mass is 574 g/mol. The SMILES string of the molecule is O=C[C@H](O)[C@@H](O)[C@H](O)CO.O=C[C@H](O)[C@@H](O)[C@H](O)[C@H](O)CO.OCC(O)CO.OC[C@@H](O)C(O)[C@@H](O)CO. The Morgan fingerprint density at radius 1 is 0.368 bits per heavy atom. The molecule has 0 saturated heterocycles. The molecule has 1 unspecified atom stereocenters. The Bertz CT molecular complexity index is 514. The topological polar surface area (TPSA) is 378 Å². The molecule has 19 nitrogen and oxygen atoms in total. The number of aliphatic hydroxyl groups is 17. The highest BCUT2D eigenvalue weighted by Crippen LogP contribution is 2.03. The number of aliphatic hydroxyl groups excluding tert-OH is 17. The first-order chi connectivity index (χ1) is 17.6. The quantitative estimate of drug-likeness (QED) is 0.0806. The summed E-state index contributed by atoms with van der Waals surface area (Å²) in [5.74, 6) is 0. The smallest absolute Gasteiger partial charge is 0.151 e. The Morgan fingerprint density at radius 2 is 0.632 bits per heavy atom. The van der Waals surface area contributed by atoms with Gasteiger partial charge in [0, 0.05) is 0 Å². The summed E-state index contributed by atoms with van der Waals surface area (Å²) in [6.45, 7) is -3.46. The van der Waals surface area contributed by atoms with Crippen molar-refractivity contribution in [3.8, 4) is 0 Å². The van der Waals surface area contributed by atoms with Crippen molar-refractivity contribution in [2.45, 2.75) is 67.1 Å². The first kappa shape index (κ1) is 43.7. The highest BCUT2D eigenvalue weighted by Gasteiger charge is 2.29. The molecule has 0 aromatic carbocycles. The van der Waals surface area contributed by atoms with E-state index in [1.807, 2.05) is 0 Å². The predicted octanol–water partition coefficient (Wildman–Crippen LogP) is -10.7. The van der Waals surface area contributed by atoms with E-state index in [2.05, 4.69) is 0 Å². The molecule has 0 rings (SSSR count). The molecule has 0 aliphatic rings. The van der Waals surface area contributed by atoms with Gasteiger partial charge in [0.25, 0.3) is 0 Å². The van der Waals surface area contributed by atoms with Crippen molar-refractivity contribution in [2.24, 2.45) is 0 Å². The predicted molar refractivity (Wildman–Crippen MR) is 121 cm³/mol. The van der Waals surface area contributed by atoms with Crippen molar-refractivity contribution in [1.82, 2.24) is 0 Å². The molecule has 17 N–H and O–H groups in total. The molecule has 10 atom stereocenters. The fourth-order valence-electron chi connectivity index (χ4n) is 1.56. The van der Waals surface area contributed by atoms with Crippen LogP contribution in [0.5, 0.6) is 0 Å². The molecule has 0 aliphatic heterocycles. The summed E-state index contributed by atoms with van der Waals surface area (Å²) in [4.78, 5) is 19.7. The number of carbonyl (C=O) groups is 2. The standard InChI is InChI=1S/C6H12O6.C5H12O5.C5H10O5.C3H8O3/c7-1-3(9)5(11)6(12)4(10)2-8;2*6-1-3(8)5(10)4(9)2-7;4-1-3(6)2-5/h1,3-6,8-12H,2H2;3-10H,1-2H2;1,3-5,7-10H,2H2;3-6H,1-2H2/t3-,4+,5+,6+;3-,4+,5?;3-,4+,5+;/m0.0./s1. The number of hydrogen-bond donors (Lipinski definition) is 17. The van der Waals surface area contributed by atoms with Gasteiger partial charge in [-0.15, -0.1) is 0 Å². The van der Waals surface area contributed by atoms with Gasteiger partial charge < -0.3 is 96.4 Å². The van der Waals surface area contributed by atoms with E-state index in [-0.39, 0.29) is 25.8 Å². The highest BCUT2D eigenvalue weighted by atomic mass is 16.4. The van der Waals surface area contributed by atoms with Crippen LogP contribution in [0, 0.1) is 0 Å². The van der Waals surface area contributed by atoms with Crippen molar-refractivity contribution in [2.75, 3.05) is 39.6 Å². The van der Waals surface area contributed by atoms with Crippen LogP contribution in [-0.2, 0) is 9.59 Å². The lowest BCUT2D eigenvalue weighted by molar-refractivity contribution is -0.136. The van der Waals surface area contributed by atoms with Gasteiger partial charge in [-0.2, -0.15) is 0 Å². The van der Waals surface area contributed by atoms with E-state index in [0.29, 0.717) is 0 Å². The van der Waals surface area contributed by atoms with Crippen LogP contribution in [0.3, 0.4) is 0 Å². The average Bonchev–Trinajstić information content (AvgIpc) is 2.96. The van der Waals surface area contributed by atoms with Gasteiger partial charge in [-0.3, -0.25) is 0 Å². The van der Waals surface area contributed by atoms with E-state index in [1.54, 1.807) is 0 Å². The van der Waals surface area contributed by atoms with Crippen molar-refractivity contribution >= 4 is 12.6 Å². The maximum Gasteiger partial charge on any atom is 0.151 e. The van der Waals surface area contributed by atoms with Crippen LogP contribution in [0.2, 0.25) is 0 Å². The van der Waals surface area contributed by atoms with Crippen molar-refractivity contribution in [3.63, 3.8) is 0 Å². The lowest BCUT2D eigenvalue weighted by Gasteiger charge is -2.22. The van der Waals surface area contributed by atoms with Gasteiger partial charge in [0.15, 0.2) is 12.6 Å². The first-order valence-electron chi connectivity index (χ1n) is 10.7. The highest BCUT2D eigenvalue weighted by molar-refractivity contribution is 5.57. The number of aldehydes is 2.